The molecule has 0 aliphatic heterocycles. The number of rotatable bonds is 3. The number of aryl methyl sites for hydroxylation is 1. The Morgan fingerprint density at radius 2 is 2.00 bits per heavy atom. The minimum absolute atomic E-state index is 0. The van der Waals surface area contributed by atoms with E-state index >= 15 is 0 Å². The molecule has 0 spiro atoms. The molecule has 0 saturated heterocycles. The maximum absolute atomic E-state index is 8.93. The third kappa shape index (κ3) is 3.38. The number of ether oxygens (including phenoxy) is 1. The molecular weight excluding hydrogens is 176 g/mol. The Balaban J connectivity index is 0.00000169. The van der Waals surface area contributed by atoms with Crippen LogP contribution < -0.4 is 4.74 Å². The summed E-state index contributed by atoms with van der Waals surface area (Å²) < 4.78 is 5.58. The molecule has 0 radical (unpaired) electrons. The van der Waals surface area contributed by atoms with Gasteiger partial charge < -0.3 is 9.84 Å². The van der Waals surface area contributed by atoms with Crippen LogP contribution in [0.2, 0.25) is 0 Å². The topological polar surface area (TPSA) is 29.5 Å². The van der Waals surface area contributed by atoms with Gasteiger partial charge in [0.1, 0.15) is 5.75 Å². The summed E-state index contributed by atoms with van der Waals surface area (Å²) in [7, 11) is 0. The molecule has 80 valence electrons. The van der Waals surface area contributed by atoms with Crippen molar-refractivity contribution in [3.05, 3.63) is 29.3 Å². The number of aliphatic hydroxyl groups is 1. The molecule has 1 aromatic carbocycles. The van der Waals surface area contributed by atoms with Crippen LogP contribution in [0.25, 0.3) is 0 Å². The maximum Gasteiger partial charge on any atom is 0.122 e. The number of aliphatic hydroxyl groups excluding tert-OH is 1. The van der Waals surface area contributed by atoms with Crippen LogP contribution in [0.3, 0.4) is 0 Å². The van der Waals surface area contributed by atoms with Crippen LogP contribution in [0.15, 0.2) is 18.2 Å². The third-order valence-corrected chi connectivity index (χ3v) is 1.80. The molecule has 0 amide bonds. The molecule has 0 unspecified atom stereocenters. The smallest absolute Gasteiger partial charge is 0.122 e. The highest BCUT2D eigenvalue weighted by molar-refractivity contribution is 5.36. The molecule has 2 heteroatoms. The fraction of sp³-hybridized carbons (Fsp3) is 0.500. The lowest BCUT2D eigenvalue weighted by atomic mass is 10.1. The van der Waals surface area contributed by atoms with Crippen LogP contribution in [-0.2, 0) is 6.61 Å². The van der Waals surface area contributed by atoms with E-state index in [2.05, 4.69) is 0 Å². The predicted molar refractivity (Wildman–Crippen MR) is 59.6 cm³/mol. The maximum atomic E-state index is 8.93. The van der Waals surface area contributed by atoms with E-state index in [4.69, 9.17) is 9.84 Å². The second kappa shape index (κ2) is 5.66. The highest BCUT2D eigenvalue weighted by Gasteiger charge is 2.02. The number of hydrogen-bond acceptors (Lipinski definition) is 2. The minimum Gasteiger partial charge on any atom is -0.491 e. The van der Waals surface area contributed by atoms with E-state index in [1.807, 2.05) is 39.0 Å². The van der Waals surface area contributed by atoms with Crippen molar-refractivity contribution in [1.29, 1.82) is 0 Å². The van der Waals surface area contributed by atoms with Crippen molar-refractivity contribution < 1.29 is 9.84 Å². The molecule has 0 fully saturated rings. The molecular formula is C12H20O2. The lowest BCUT2D eigenvalue weighted by Gasteiger charge is -2.12. The second-order valence-electron chi connectivity index (χ2n) is 3.42. The van der Waals surface area contributed by atoms with Gasteiger partial charge in [-0.25, -0.2) is 0 Å². The van der Waals surface area contributed by atoms with Crippen LogP contribution in [0.4, 0.5) is 0 Å². The van der Waals surface area contributed by atoms with Crippen molar-refractivity contribution in [3.8, 4) is 5.75 Å². The summed E-state index contributed by atoms with van der Waals surface area (Å²) >= 11 is 0. The molecule has 0 saturated carbocycles. The lowest BCUT2D eigenvalue weighted by Crippen LogP contribution is -2.06. The van der Waals surface area contributed by atoms with Gasteiger partial charge in [-0.15, -0.1) is 0 Å². The van der Waals surface area contributed by atoms with E-state index in [1.54, 1.807) is 0 Å². The number of hydrogen-bond donors (Lipinski definition) is 1. The van der Waals surface area contributed by atoms with Gasteiger partial charge in [0, 0.05) is 0 Å². The molecule has 0 heterocycles. The van der Waals surface area contributed by atoms with Crippen molar-refractivity contribution in [2.24, 2.45) is 0 Å². The Morgan fingerprint density at radius 3 is 2.50 bits per heavy atom. The average molecular weight is 196 g/mol. The first kappa shape index (κ1) is 13.0. The molecule has 1 N–H and O–H groups in total. The van der Waals surface area contributed by atoms with Gasteiger partial charge in [0.25, 0.3) is 0 Å². The van der Waals surface area contributed by atoms with E-state index in [0.717, 1.165) is 16.9 Å². The Bertz CT molecular complexity index is 280. The molecule has 0 bridgehead atoms. The Labute approximate surface area is 86.5 Å². The van der Waals surface area contributed by atoms with Crippen molar-refractivity contribution in [2.75, 3.05) is 0 Å². The molecule has 2 nitrogen and oxygen atoms in total. The minimum atomic E-state index is 0. The first-order valence-electron chi connectivity index (χ1n) is 4.50. The van der Waals surface area contributed by atoms with Crippen LogP contribution in [0.5, 0.6) is 5.75 Å². The Morgan fingerprint density at radius 1 is 1.36 bits per heavy atom. The van der Waals surface area contributed by atoms with Gasteiger partial charge in [0.05, 0.1) is 12.7 Å². The molecule has 0 aliphatic carbocycles. The molecule has 0 aromatic heterocycles. The standard InChI is InChI=1S/C11H16O2.CH4/c1-8(2)13-11-6-10(7-12)5-4-9(11)3;/h4-6,8,12H,7H2,1-3H3;1H4. The first-order valence-corrected chi connectivity index (χ1v) is 4.50. The van der Waals surface area contributed by atoms with Crippen LogP contribution in [0.1, 0.15) is 32.4 Å². The van der Waals surface area contributed by atoms with Crippen molar-refractivity contribution >= 4 is 0 Å². The van der Waals surface area contributed by atoms with Crippen molar-refractivity contribution in [2.45, 2.75) is 40.9 Å². The third-order valence-electron chi connectivity index (χ3n) is 1.80. The molecule has 1 aromatic rings. The zero-order valence-electron chi connectivity index (χ0n) is 8.37. The summed E-state index contributed by atoms with van der Waals surface area (Å²) in [5, 5.41) is 8.93. The van der Waals surface area contributed by atoms with Gasteiger partial charge in [-0.2, -0.15) is 0 Å². The normalized spacial score (nSPS) is 9.79. The van der Waals surface area contributed by atoms with E-state index < -0.39 is 0 Å². The molecule has 0 atom stereocenters. The summed E-state index contributed by atoms with van der Waals surface area (Å²) in [6, 6.07) is 5.75. The fourth-order valence-corrected chi connectivity index (χ4v) is 1.12. The first-order chi connectivity index (χ1) is 6.13. The van der Waals surface area contributed by atoms with Gasteiger partial charge in [0.15, 0.2) is 0 Å². The van der Waals surface area contributed by atoms with E-state index in [-0.39, 0.29) is 20.1 Å². The Kier molecular flexibility index (Phi) is 5.24. The largest absolute Gasteiger partial charge is 0.491 e. The predicted octanol–water partition coefficient (Wildman–Crippen LogP) is 2.91. The highest BCUT2D eigenvalue weighted by Crippen LogP contribution is 2.20. The highest BCUT2D eigenvalue weighted by atomic mass is 16.5. The Hall–Kier alpha value is -1.02. The monoisotopic (exact) mass is 196 g/mol. The summed E-state index contributed by atoms with van der Waals surface area (Å²) in [6.07, 6.45) is 0.174. The SMILES string of the molecule is C.Cc1ccc(CO)cc1OC(C)C. The van der Waals surface area contributed by atoms with Gasteiger partial charge in [-0.1, -0.05) is 19.6 Å². The van der Waals surface area contributed by atoms with E-state index in [9.17, 15) is 0 Å². The number of benzene rings is 1. The quantitative estimate of drug-likeness (QED) is 0.805. The van der Waals surface area contributed by atoms with Gasteiger partial charge in [-0.3, -0.25) is 0 Å². The summed E-state index contributed by atoms with van der Waals surface area (Å²) in [4.78, 5) is 0. The van der Waals surface area contributed by atoms with Crippen LogP contribution in [-0.4, -0.2) is 11.2 Å². The summed E-state index contributed by atoms with van der Waals surface area (Å²) in [6.45, 7) is 6.05. The van der Waals surface area contributed by atoms with Crippen molar-refractivity contribution in [1.82, 2.24) is 0 Å². The zero-order valence-corrected chi connectivity index (χ0v) is 8.37. The molecule has 14 heavy (non-hydrogen) atoms. The van der Waals surface area contributed by atoms with Crippen LogP contribution >= 0.6 is 0 Å². The van der Waals surface area contributed by atoms with E-state index in [1.165, 1.54) is 0 Å². The fourth-order valence-electron chi connectivity index (χ4n) is 1.12. The molecule has 1 rings (SSSR count). The van der Waals surface area contributed by atoms with Gasteiger partial charge in [0.2, 0.25) is 0 Å². The van der Waals surface area contributed by atoms with Gasteiger partial charge >= 0.3 is 0 Å². The van der Waals surface area contributed by atoms with Gasteiger partial charge in [-0.05, 0) is 38.0 Å². The average Bonchev–Trinajstić information content (AvgIpc) is 2.08. The van der Waals surface area contributed by atoms with E-state index in [0.29, 0.717) is 0 Å². The molecule has 0 aliphatic rings. The van der Waals surface area contributed by atoms with Crippen LogP contribution in [0, 0.1) is 6.92 Å². The second-order valence-corrected chi connectivity index (χ2v) is 3.42. The summed E-state index contributed by atoms with van der Waals surface area (Å²) in [5.74, 6) is 0.863. The zero-order chi connectivity index (χ0) is 9.84. The van der Waals surface area contributed by atoms with Crippen molar-refractivity contribution in [3.63, 3.8) is 0 Å². The lowest BCUT2D eigenvalue weighted by molar-refractivity contribution is 0.238. The summed E-state index contributed by atoms with van der Waals surface area (Å²) in [5.41, 5.74) is 1.99.